The molecule has 7 heteroatoms. The van der Waals surface area contributed by atoms with Crippen LogP contribution < -0.4 is 5.32 Å². The molecule has 0 aliphatic rings. The van der Waals surface area contributed by atoms with Crippen molar-refractivity contribution in [2.45, 2.75) is 25.8 Å². The van der Waals surface area contributed by atoms with Crippen LogP contribution in [0, 0.1) is 11.7 Å². The van der Waals surface area contributed by atoms with Gasteiger partial charge in [0.1, 0.15) is 11.9 Å². The average Bonchev–Trinajstić information content (AvgIpc) is 2.51. The van der Waals surface area contributed by atoms with Gasteiger partial charge < -0.3 is 14.8 Å². The number of methoxy groups -OCH3 is 2. The summed E-state index contributed by atoms with van der Waals surface area (Å²) in [5.41, 5.74) is 0.478. The topological polar surface area (TPSA) is 81.7 Å². The SMILES string of the molecule is COC(=O)C[C@H](C)[C@H](NC(=O)Cc1cccc(F)c1)C(=O)OC. The van der Waals surface area contributed by atoms with Gasteiger partial charge in [0.05, 0.1) is 27.1 Å². The van der Waals surface area contributed by atoms with E-state index in [9.17, 15) is 18.8 Å². The van der Waals surface area contributed by atoms with Crippen molar-refractivity contribution in [3.63, 3.8) is 0 Å². The molecule has 0 unspecified atom stereocenters. The second-order valence-corrected chi connectivity index (χ2v) is 5.13. The number of ether oxygens (including phenoxy) is 2. The number of esters is 2. The molecule has 0 heterocycles. The van der Waals surface area contributed by atoms with Crippen molar-refractivity contribution in [3.05, 3.63) is 35.6 Å². The van der Waals surface area contributed by atoms with Crippen molar-refractivity contribution in [3.8, 4) is 0 Å². The minimum Gasteiger partial charge on any atom is -0.469 e. The van der Waals surface area contributed by atoms with E-state index in [1.807, 2.05) is 0 Å². The molecular weight excluding hydrogens is 305 g/mol. The summed E-state index contributed by atoms with van der Waals surface area (Å²) in [4.78, 5) is 35.2. The molecule has 1 N–H and O–H groups in total. The molecule has 0 aliphatic heterocycles. The van der Waals surface area contributed by atoms with Crippen molar-refractivity contribution in [2.24, 2.45) is 5.92 Å². The first-order valence-corrected chi connectivity index (χ1v) is 7.05. The van der Waals surface area contributed by atoms with Gasteiger partial charge in [0.25, 0.3) is 0 Å². The monoisotopic (exact) mass is 325 g/mol. The molecular formula is C16H20FNO5. The third kappa shape index (κ3) is 6.06. The van der Waals surface area contributed by atoms with Crippen LogP contribution >= 0.6 is 0 Å². The summed E-state index contributed by atoms with van der Waals surface area (Å²) >= 11 is 0. The van der Waals surface area contributed by atoms with Crippen LogP contribution in [0.4, 0.5) is 4.39 Å². The zero-order valence-corrected chi connectivity index (χ0v) is 13.3. The Morgan fingerprint density at radius 2 is 1.91 bits per heavy atom. The van der Waals surface area contributed by atoms with Gasteiger partial charge in [-0.05, 0) is 23.6 Å². The molecule has 0 spiro atoms. The molecule has 126 valence electrons. The lowest BCUT2D eigenvalue weighted by Gasteiger charge is -2.22. The molecule has 1 aromatic carbocycles. The first-order chi connectivity index (χ1) is 10.9. The highest BCUT2D eigenvalue weighted by atomic mass is 19.1. The molecule has 0 aliphatic carbocycles. The van der Waals surface area contributed by atoms with Crippen LogP contribution in [0.3, 0.4) is 0 Å². The predicted molar refractivity (Wildman–Crippen MR) is 79.8 cm³/mol. The summed E-state index contributed by atoms with van der Waals surface area (Å²) in [5, 5.41) is 2.52. The third-order valence-electron chi connectivity index (χ3n) is 3.31. The van der Waals surface area contributed by atoms with Crippen molar-refractivity contribution in [2.75, 3.05) is 14.2 Å². The predicted octanol–water partition coefficient (Wildman–Crippen LogP) is 1.23. The lowest BCUT2D eigenvalue weighted by atomic mass is 9.98. The second-order valence-electron chi connectivity index (χ2n) is 5.13. The summed E-state index contributed by atoms with van der Waals surface area (Å²) in [6.07, 6.45) is -0.132. The normalized spacial score (nSPS) is 12.9. The highest BCUT2D eigenvalue weighted by Crippen LogP contribution is 2.12. The highest BCUT2D eigenvalue weighted by molar-refractivity contribution is 5.86. The maximum atomic E-state index is 13.1. The van der Waals surface area contributed by atoms with E-state index in [-0.39, 0.29) is 12.8 Å². The summed E-state index contributed by atoms with van der Waals surface area (Å²) in [5.74, 6) is -2.58. The first kappa shape index (κ1) is 18.6. The molecule has 6 nitrogen and oxygen atoms in total. The van der Waals surface area contributed by atoms with Crippen molar-refractivity contribution >= 4 is 17.8 Å². The average molecular weight is 325 g/mol. The third-order valence-corrected chi connectivity index (χ3v) is 3.31. The van der Waals surface area contributed by atoms with Crippen LogP contribution in [0.25, 0.3) is 0 Å². The van der Waals surface area contributed by atoms with Gasteiger partial charge in [-0.1, -0.05) is 19.1 Å². The molecule has 0 aromatic heterocycles. The van der Waals surface area contributed by atoms with Gasteiger partial charge in [0.15, 0.2) is 0 Å². The standard InChI is InChI=1S/C16H20FNO5/c1-10(7-14(20)22-2)15(16(21)23-3)18-13(19)9-11-5-4-6-12(17)8-11/h4-6,8,10,15H,7,9H2,1-3H3,(H,18,19)/t10-,15-/m0/s1. The van der Waals surface area contributed by atoms with E-state index in [0.717, 1.165) is 0 Å². The molecule has 1 amide bonds. The van der Waals surface area contributed by atoms with Gasteiger partial charge >= 0.3 is 11.9 Å². The quantitative estimate of drug-likeness (QED) is 0.763. The summed E-state index contributed by atoms with van der Waals surface area (Å²) in [6.45, 7) is 1.63. The minimum atomic E-state index is -0.986. The largest absolute Gasteiger partial charge is 0.469 e. The zero-order valence-electron chi connectivity index (χ0n) is 13.3. The number of benzene rings is 1. The van der Waals surface area contributed by atoms with Gasteiger partial charge in [-0.2, -0.15) is 0 Å². The van der Waals surface area contributed by atoms with Crippen LogP contribution in [0.2, 0.25) is 0 Å². The number of rotatable bonds is 7. The molecule has 0 fully saturated rings. The van der Waals surface area contributed by atoms with Gasteiger partial charge in [-0.15, -0.1) is 0 Å². The smallest absolute Gasteiger partial charge is 0.328 e. The lowest BCUT2D eigenvalue weighted by molar-refractivity contribution is -0.148. The van der Waals surface area contributed by atoms with Crippen molar-refractivity contribution in [1.29, 1.82) is 0 Å². The van der Waals surface area contributed by atoms with E-state index in [2.05, 4.69) is 14.8 Å². The molecule has 0 saturated carbocycles. The maximum Gasteiger partial charge on any atom is 0.328 e. The van der Waals surface area contributed by atoms with Crippen LogP contribution in [-0.4, -0.2) is 38.1 Å². The molecule has 2 atom stereocenters. The van der Waals surface area contributed by atoms with E-state index in [1.165, 1.54) is 32.4 Å². The lowest BCUT2D eigenvalue weighted by Crippen LogP contribution is -2.47. The Bertz CT molecular complexity index is 575. The van der Waals surface area contributed by atoms with Crippen LogP contribution in [0.1, 0.15) is 18.9 Å². The van der Waals surface area contributed by atoms with Crippen molar-refractivity contribution < 1.29 is 28.2 Å². The highest BCUT2D eigenvalue weighted by Gasteiger charge is 2.29. The van der Waals surface area contributed by atoms with Crippen LogP contribution in [-0.2, 0) is 30.3 Å². The summed E-state index contributed by atoms with van der Waals surface area (Å²) in [7, 11) is 2.43. The van der Waals surface area contributed by atoms with E-state index in [4.69, 9.17) is 0 Å². The van der Waals surface area contributed by atoms with Gasteiger partial charge in [-0.3, -0.25) is 9.59 Å². The maximum absolute atomic E-state index is 13.1. The van der Waals surface area contributed by atoms with Gasteiger partial charge in [-0.25, -0.2) is 9.18 Å². The molecule has 0 radical (unpaired) electrons. The number of hydrogen-bond donors (Lipinski definition) is 1. The number of amides is 1. The van der Waals surface area contributed by atoms with E-state index in [1.54, 1.807) is 13.0 Å². The van der Waals surface area contributed by atoms with E-state index < -0.39 is 35.6 Å². The van der Waals surface area contributed by atoms with E-state index >= 15 is 0 Å². The fraction of sp³-hybridized carbons (Fsp3) is 0.438. The molecule has 23 heavy (non-hydrogen) atoms. The molecule has 0 bridgehead atoms. The van der Waals surface area contributed by atoms with Crippen molar-refractivity contribution in [1.82, 2.24) is 5.32 Å². The molecule has 1 rings (SSSR count). The Hall–Kier alpha value is -2.44. The summed E-state index contributed by atoms with van der Waals surface area (Å²) < 4.78 is 22.3. The fourth-order valence-electron chi connectivity index (χ4n) is 2.08. The number of carbonyl (C=O) groups is 3. The Kier molecular flexibility index (Phi) is 7.18. The number of hydrogen-bond acceptors (Lipinski definition) is 5. The number of halogens is 1. The summed E-state index contributed by atoms with van der Waals surface area (Å²) in [6, 6.07) is 4.63. The first-order valence-electron chi connectivity index (χ1n) is 7.05. The Morgan fingerprint density at radius 1 is 1.22 bits per heavy atom. The number of nitrogens with one attached hydrogen (secondary N) is 1. The Morgan fingerprint density at radius 3 is 2.48 bits per heavy atom. The van der Waals surface area contributed by atoms with Crippen LogP contribution in [0.5, 0.6) is 0 Å². The Balaban J connectivity index is 2.74. The number of carbonyl (C=O) groups excluding carboxylic acids is 3. The minimum absolute atomic E-state index is 0.0451. The van der Waals surface area contributed by atoms with Crippen LogP contribution in [0.15, 0.2) is 24.3 Å². The fourth-order valence-corrected chi connectivity index (χ4v) is 2.08. The van der Waals surface area contributed by atoms with Gasteiger partial charge in [0.2, 0.25) is 5.91 Å². The Labute approximate surface area is 134 Å². The van der Waals surface area contributed by atoms with E-state index in [0.29, 0.717) is 5.56 Å². The second kappa shape index (κ2) is 8.87. The molecule has 0 saturated heterocycles. The molecule has 1 aromatic rings. The van der Waals surface area contributed by atoms with Gasteiger partial charge in [0, 0.05) is 0 Å². The zero-order chi connectivity index (χ0) is 17.4.